The third kappa shape index (κ3) is 3.54. The highest BCUT2D eigenvalue weighted by Gasteiger charge is 2.40. The number of carboxylic acid groups (broad SMARTS) is 1. The van der Waals surface area contributed by atoms with Crippen molar-refractivity contribution in [3.63, 3.8) is 0 Å². The fraction of sp³-hybridized carbons (Fsp3) is 0.556. The largest absolute Gasteiger partial charge is 0.481 e. The Hall–Kier alpha value is -1.91. The van der Waals surface area contributed by atoms with Crippen molar-refractivity contribution in [2.75, 3.05) is 13.1 Å². The summed E-state index contributed by atoms with van der Waals surface area (Å²) < 4.78 is 13.1. The van der Waals surface area contributed by atoms with Crippen LogP contribution in [0.1, 0.15) is 43.6 Å². The maximum atomic E-state index is 13.1. The van der Waals surface area contributed by atoms with E-state index in [-0.39, 0.29) is 24.2 Å². The predicted octanol–water partition coefficient (Wildman–Crippen LogP) is 3.03. The number of hydrogen-bond donors (Lipinski definition) is 1. The molecule has 1 saturated heterocycles. The topological polar surface area (TPSA) is 57.6 Å². The summed E-state index contributed by atoms with van der Waals surface area (Å²) in [4.78, 5) is 25.7. The third-order valence-electron chi connectivity index (χ3n) is 5.23. The lowest BCUT2D eigenvalue weighted by molar-refractivity contribution is -0.141. The number of aliphatic carboxylic acids is 1. The molecule has 0 spiro atoms. The van der Waals surface area contributed by atoms with Crippen molar-refractivity contribution in [2.45, 2.75) is 38.0 Å². The summed E-state index contributed by atoms with van der Waals surface area (Å²) in [5.41, 5.74) is 0.787. The Morgan fingerprint density at radius 3 is 2.39 bits per heavy atom. The second kappa shape index (κ2) is 6.69. The van der Waals surface area contributed by atoms with Crippen molar-refractivity contribution in [3.05, 3.63) is 35.6 Å². The molecule has 0 radical (unpaired) electrons. The molecule has 1 aliphatic carbocycles. The van der Waals surface area contributed by atoms with Crippen LogP contribution in [0.3, 0.4) is 0 Å². The minimum Gasteiger partial charge on any atom is -0.481 e. The van der Waals surface area contributed by atoms with Gasteiger partial charge < -0.3 is 10.0 Å². The van der Waals surface area contributed by atoms with E-state index in [4.69, 9.17) is 0 Å². The zero-order valence-electron chi connectivity index (χ0n) is 13.1. The molecule has 0 bridgehead atoms. The van der Waals surface area contributed by atoms with Gasteiger partial charge in [0.05, 0.1) is 5.92 Å². The summed E-state index contributed by atoms with van der Waals surface area (Å²) in [6, 6.07) is 5.94. The van der Waals surface area contributed by atoms with Gasteiger partial charge in [-0.25, -0.2) is 4.39 Å². The molecule has 5 heteroatoms. The number of benzene rings is 1. The Balaban J connectivity index is 1.71. The van der Waals surface area contributed by atoms with Crippen molar-refractivity contribution in [1.82, 2.24) is 4.90 Å². The van der Waals surface area contributed by atoms with Crippen molar-refractivity contribution in [2.24, 2.45) is 11.8 Å². The van der Waals surface area contributed by atoms with E-state index in [1.807, 2.05) is 0 Å². The van der Waals surface area contributed by atoms with Crippen LogP contribution < -0.4 is 0 Å². The first-order chi connectivity index (χ1) is 11.0. The number of likely N-dealkylation sites (tertiary alicyclic amines) is 1. The van der Waals surface area contributed by atoms with Crippen LogP contribution in [0.4, 0.5) is 4.39 Å². The van der Waals surface area contributed by atoms with E-state index in [9.17, 15) is 19.1 Å². The number of nitrogens with zero attached hydrogens (tertiary/aromatic N) is 1. The van der Waals surface area contributed by atoms with Gasteiger partial charge in [0, 0.05) is 25.4 Å². The molecule has 1 heterocycles. The van der Waals surface area contributed by atoms with E-state index in [2.05, 4.69) is 0 Å². The highest BCUT2D eigenvalue weighted by Crippen LogP contribution is 2.35. The van der Waals surface area contributed by atoms with Gasteiger partial charge in [0.25, 0.3) is 0 Å². The molecule has 23 heavy (non-hydrogen) atoms. The second-order valence-corrected chi connectivity index (χ2v) is 6.76. The molecule has 1 aromatic rings. The zero-order chi connectivity index (χ0) is 16.4. The minimum absolute atomic E-state index is 0.0627. The monoisotopic (exact) mass is 319 g/mol. The number of rotatable bonds is 4. The molecule has 1 aliphatic heterocycles. The average Bonchev–Trinajstić information content (AvgIpc) is 3.17. The molecule has 2 fully saturated rings. The van der Waals surface area contributed by atoms with Crippen molar-refractivity contribution < 1.29 is 19.1 Å². The Morgan fingerprint density at radius 1 is 1.13 bits per heavy atom. The molecule has 1 aromatic carbocycles. The van der Waals surface area contributed by atoms with Gasteiger partial charge in [0.1, 0.15) is 5.82 Å². The number of carbonyl (C=O) groups excluding carboxylic acids is 1. The molecular formula is C18H22FNO3. The lowest BCUT2D eigenvalue weighted by Gasteiger charge is -2.18. The van der Waals surface area contributed by atoms with E-state index < -0.39 is 11.9 Å². The second-order valence-electron chi connectivity index (χ2n) is 6.76. The van der Waals surface area contributed by atoms with E-state index in [1.54, 1.807) is 17.0 Å². The van der Waals surface area contributed by atoms with Crippen LogP contribution in [0, 0.1) is 17.7 Å². The molecule has 0 aromatic heterocycles. The fourth-order valence-corrected chi connectivity index (χ4v) is 3.90. The van der Waals surface area contributed by atoms with Gasteiger partial charge >= 0.3 is 5.97 Å². The smallest absolute Gasteiger partial charge is 0.308 e. The summed E-state index contributed by atoms with van der Waals surface area (Å²) in [6.07, 6.45) is 5.11. The molecular weight excluding hydrogens is 297 g/mol. The lowest BCUT2D eigenvalue weighted by atomic mass is 9.89. The fourth-order valence-electron chi connectivity index (χ4n) is 3.90. The number of carbonyl (C=O) groups is 2. The van der Waals surface area contributed by atoms with Gasteiger partial charge in [-0.3, -0.25) is 9.59 Å². The molecule has 1 saturated carbocycles. The number of hydrogen-bond acceptors (Lipinski definition) is 2. The molecule has 2 aliphatic rings. The normalized spacial score (nSPS) is 25.0. The van der Waals surface area contributed by atoms with Gasteiger partial charge in [-0.1, -0.05) is 25.0 Å². The first kappa shape index (κ1) is 16.0. The van der Waals surface area contributed by atoms with E-state index in [0.29, 0.717) is 18.9 Å². The standard InChI is InChI=1S/C18H22FNO3/c19-14-7-5-13(6-8-14)15-10-20(11-16(15)18(22)23)17(21)9-12-3-1-2-4-12/h5-8,12,15-16H,1-4,9-11H2,(H,22,23). The average molecular weight is 319 g/mol. The van der Waals surface area contributed by atoms with E-state index >= 15 is 0 Å². The Bertz CT molecular complexity index is 580. The third-order valence-corrected chi connectivity index (χ3v) is 5.23. The molecule has 3 rings (SSSR count). The van der Waals surface area contributed by atoms with Crippen LogP contribution in [0.2, 0.25) is 0 Å². The minimum atomic E-state index is -0.893. The molecule has 2 atom stereocenters. The van der Waals surface area contributed by atoms with Crippen molar-refractivity contribution in [1.29, 1.82) is 0 Å². The Morgan fingerprint density at radius 2 is 1.78 bits per heavy atom. The van der Waals surface area contributed by atoms with Crippen LogP contribution in [0.25, 0.3) is 0 Å². The summed E-state index contributed by atoms with van der Waals surface area (Å²) in [5.74, 6) is -1.60. The van der Waals surface area contributed by atoms with Gasteiger partial charge in [-0.2, -0.15) is 0 Å². The quantitative estimate of drug-likeness (QED) is 0.928. The molecule has 2 unspecified atom stereocenters. The maximum Gasteiger partial charge on any atom is 0.308 e. The Kier molecular flexibility index (Phi) is 4.64. The summed E-state index contributed by atoms with van der Waals surface area (Å²) in [5, 5.41) is 9.47. The highest BCUT2D eigenvalue weighted by atomic mass is 19.1. The summed E-state index contributed by atoms with van der Waals surface area (Å²) in [7, 11) is 0. The van der Waals surface area contributed by atoms with Crippen LogP contribution in [-0.4, -0.2) is 35.0 Å². The number of carboxylic acids is 1. The zero-order valence-corrected chi connectivity index (χ0v) is 13.1. The van der Waals surface area contributed by atoms with E-state index in [1.165, 1.54) is 25.0 Å². The van der Waals surface area contributed by atoms with Gasteiger partial charge in [-0.15, -0.1) is 0 Å². The first-order valence-corrected chi connectivity index (χ1v) is 8.30. The van der Waals surface area contributed by atoms with Gasteiger partial charge in [-0.05, 0) is 36.5 Å². The van der Waals surface area contributed by atoms with E-state index in [0.717, 1.165) is 18.4 Å². The molecule has 1 amide bonds. The number of halogens is 1. The summed E-state index contributed by atoms with van der Waals surface area (Å²) in [6.45, 7) is 0.664. The van der Waals surface area contributed by atoms with Crippen LogP contribution in [-0.2, 0) is 9.59 Å². The van der Waals surface area contributed by atoms with Crippen molar-refractivity contribution >= 4 is 11.9 Å². The van der Waals surface area contributed by atoms with Crippen molar-refractivity contribution in [3.8, 4) is 0 Å². The molecule has 1 N–H and O–H groups in total. The lowest BCUT2D eigenvalue weighted by Crippen LogP contribution is -2.31. The highest BCUT2D eigenvalue weighted by molar-refractivity contribution is 5.79. The summed E-state index contributed by atoms with van der Waals surface area (Å²) >= 11 is 0. The van der Waals surface area contributed by atoms with Crippen LogP contribution in [0.5, 0.6) is 0 Å². The molecule has 4 nitrogen and oxygen atoms in total. The van der Waals surface area contributed by atoms with Gasteiger partial charge in [0.2, 0.25) is 5.91 Å². The first-order valence-electron chi connectivity index (χ1n) is 8.30. The maximum absolute atomic E-state index is 13.1. The number of amides is 1. The SMILES string of the molecule is O=C(O)C1CN(C(=O)CC2CCCC2)CC1c1ccc(F)cc1. The van der Waals surface area contributed by atoms with Crippen LogP contribution in [0.15, 0.2) is 24.3 Å². The van der Waals surface area contributed by atoms with Gasteiger partial charge in [0.15, 0.2) is 0 Å². The predicted molar refractivity (Wildman–Crippen MR) is 83.4 cm³/mol. The van der Waals surface area contributed by atoms with Crippen LogP contribution >= 0.6 is 0 Å². The Labute approximate surface area is 135 Å². The molecule has 124 valence electrons.